The summed E-state index contributed by atoms with van der Waals surface area (Å²) in [5.74, 6) is 2.04. The van der Waals surface area contributed by atoms with Crippen LogP contribution in [-0.4, -0.2) is 17.0 Å². The molecule has 0 amide bonds. The number of rotatable bonds is 4. The monoisotopic (exact) mass is 255 g/mol. The maximum atomic E-state index is 6.41. The summed E-state index contributed by atoms with van der Waals surface area (Å²) in [6.45, 7) is 0. The summed E-state index contributed by atoms with van der Waals surface area (Å²) in [5.41, 5.74) is 6.41. The molecule has 2 aliphatic rings. The highest BCUT2D eigenvalue weighted by Crippen LogP contribution is 2.31. The largest absolute Gasteiger partial charge is 0.327 e. The first-order valence-electron chi connectivity index (χ1n) is 7.73. The molecule has 0 saturated heterocycles. The van der Waals surface area contributed by atoms with E-state index in [0.29, 0.717) is 6.04 Å². The van der Waals surface area contributed by atoms with Crippen LogP contribution in [0.4, 0.5) is 0 Å². The van der Waals surface area contributed by atoms with Gasteiger partial charge in [-0.2, -0.15) is 11.8 Å². The summed E-state index contributed by atoms with van der Waals surface area (Å²) in [4.78, 5) is 0. The lowest BCUT2D eigenvalue weighted by Gasteiger charge is -2.26. The molecule has 0 bridgehead atoms. The first-order chi connectivity index (χ1) is 8.36. The first kappa shape index (κ1) is 13.7. The molecule has 1 atom stereocenters. The predicted octanol–water partition coefficient (Wildman–Crippen LogP) is 4.35. The van der Waals surface area contributed by atoms with Crippen molar-refractivity contribution in [3.63, 3.8) is 0 Å². The smallest absolute Gasteiger partial charge is 0.0159 e. The van der Waals surface area contributed by atoms with Gasteiger partial charge in [-0.25, -0.2) is 0 Å². The van der Waals surface area contributed by atoms with Crippen LogP contribution in [0.1, 0.15) is 70.6 Å². The van der Waals surface area contributed by atoms with Gasteiger partial charge in [0.2, 0.25) is 0 Å². The third-order valence-electron chi connectivity index (χ3n) is 4.58. The minimum absolute atomic E-state index is 0.472. The number of hydrogen-bond acceptors (Lipinski definition) is 2. The lowest BCUT2D eigenvalue weighted by atomic mass is 9.94. The molecule has 2 heteroatoms. The molecule has 2 saturated carbocycles. The van der Waals surface area contributed by atoms with Crippen LogP contribution < -0.4 is 5.73 Å². The van der Waals surface area contributed by atoms with Gasteiger partial charge in [-0.05, 0) is 31.6 Å². The Balaban J connectivity index is 1.66. The van der Waals surface area contributed by atoms with Gasteiger partial charge in [0.05, 0.1) is 0 Å². The fraction of sp³-hybridized carbons (Fsp3) is 1.00. The Hall–Kier alpha value is 0.310. The number of thioether (sulfide) groups is 1. The van der Waals surface area contributed by atoms with E-state index in [9.17, 15) is 0 Å². The van der Waals surface area contributed by atoms with E-state index in [1.165, 1.54) is 76.4 Å². The summed E-state index contributed by atoms with van der Waals surface area (Å²) in [6, 6.07) is 0.472. The van der Waals surface area contributed by atoms with E-state index in [1.54, 1.807) is 0 Å². The maximum absolute atomic E-state index is 6.41. The van der Waals surface area contributed by atoms with E-state index in [2.05, 4.69) is 11.8 Å². The molecule has 1 nitrogen and oxygen atoms in total. The highest BCUT2D eigenvalue weighted by Gasteiger charge is 2.21. The molecule has 0 heterocycles. The van der Waals surface area contributed by atoms with Crippen molar-refractivity contribution >= 4 is 11.8 Å². The molecule has 0 radical (unpaired) electrons. The molecular formula is C15H29NS. The minimum atomic E-state index is 0.472. The van der Waals surface area contributed by atoms with Crippen molar-refractivity contribution in [2.75, 3.05) is 5.75 Å². The molecule has 17 heavy (non-hydrogen) atoms. The molecule has 2 aliphatic carbocycles. The third kappa shape index (κ3) is 4.82. The highest BCUT2D eigenvalue weighted by molar-refractivity contribution is 7.99. The fourth-order valence-corrected chi connectivity index (χ4v) is 4.79. The topological polar surface area (TPSA) is 26.0 Å². The van der Waals surface area contributed by atoms with Crippen molar-refractivity contribution in [1.29, 1.82) is 0 Å². The Morgan fingerprint density at radius 2 is 1.35 bits per heavy atom. The SMILES string of the molecule is NC(CSC1CCCCC1)C1CCCCCC1. The van der Waals surface area contributed by atoms with Gasteiger partial charge < -0.3 is 5.73 Å². The van der Waals surface area contributed by atoms with Gasteiger partial charge in [-0.15, -0.1) is 0 Å². The average Bonchev–Trinajstić information content (AvgIpc) is 2.66. The van der Waals surface area contributed by atoms with Gasteiger partial charge >= 0.3 is 0 Å². The van der Waals surface area contributed by atoms with Gasteiger partial charge in [0.1, 0.15) is 0 Å². The van der Waals surface area contributed by atoms with Crippen LogP contribution in [0.25, 0.3) is 0 Å². The van der Waals surface area contributed by atoms with Crippen LogP contribution >= 0.6 is 11.8 Å². The fourth-order valence-electron chi connectivity index (χ4n) is 3.35. The molecule has 2 fully saturated rings. The van der Waals surface area contributed by atoms with E-state index in [4.69, 9.17) is 5.73 Å². The van der Waals surface area contributed by atoms with Gasteiger partial charge in [0.15, 0.2) is 0 Å². The first-order valence-corrected chi connectivity index (χ1v) is 8.78. The summed E-state index contributed by atoms with van der Waals surface area (Å²) in [6.07, 6.45) is 15.8. The second-order valence-electron chi connectivity index (χ2n) is 6.01. The predicted molar refractivity (Wildman–Crippen MR) is 78.5 cm³/mol. The molecule has 0 aliphatic heterocycles. The average molecular weight is 255 g/mol. The highest BCUT2D eigenvalue weighted by atomic mass is 32.2. The zero-order valence-electron chi connectivity index (χ0n) is 11.2. The van der Waals surface area contributed by atoms with Crippen molar-refractivity contribution in [3.8, 4) is 0 Å². The number of hydrogen-bond donors (Lipinski definition) is 1. The van der Waals surface area contributed by atoms with Crippen LogP contribution in [0.15, 0.2) is 0 Å². The van der Waals surface area contributed by atoms with Crippen LogP contribution in [0.2, 0.25) is 0 Å². The zero-order chi connectivity index (χ0) is 11.9. The van der Waals surface area contributed by atoms with Gasteiger partial charge in [0, 0.05) is 17.0 Å². The Bertz CT molecular complexity index is 193. The molecule has 2 N–H and O–H groups in total. The van der Waals surface area contributed by atoms with E-state index in [1.807, 2.05) is 0 Å². The van der Waals surface area contributed by atoms with Crippen LogP contribution in [0, 0.1) is 5.92 Å². The van der Waals surface area contributed by atoms with Crippen LogP contribution in [-0.2, 0) is 0 Å². The molecule has 0 aromatic rings. The van der Waals surface area contributed by atoms with E-state index < -0.39 is 0 Å². The lowest BCUT2D eigenvalue weighted by molar-refractivity contribution is 0.397. The van der Waals surface area contributed by atoms with Gasteiger partial charge in [0.25, 0.3) is 0 Å². The van der Waals surface area contributed by atoms with Crippen molar-refractivity contribution < 1.29 is 0 Å². The summed E-state index contributed by atoms with van der Waals surface area (Å²) in [5, 5.41) is 0.931. The third-order valence-corrected chi connectivity index (χ3v) is 6.10. The minimum Gasteiger partial charge on any atom is -0.327 e. The summed E-state index contributed by atoms with van der Waals surface area (Å²) in [7, 11) is 0. The van der Waals surface area contributed by atoms with Crippen LogP contribution in [0.3, 0.4) is 0 Å². The molecule has 0 aromatic carbocycles. The zero-order valence-corrected chi connectivity index (χ0v) is 12.0. The van der Waals surface area contributed by atoms with Crippen molar-refractivity contribution in [3.05, 3.63) is 0 Å². The molecule has 100 valence electrons. The molecule has 0 spiro atoms. The van der Waals surface area contributed by atoms with Crippen LogP contribution in [0.5, 0.6) is 0 Å². The van der Waals surface area contributed by atoms with E-state index >= 15 is 0 Å². The lowest BCUT2D eigenvalue weighted by Crippen LogP contribution is -2.33. The Morgan fingerprint density at radius 1 is 0.824 bits per heavy atom. The van der Waals surface area contributed by atoms with E-state index in [-0.39, 0.29) is 0 Å². The normalized spacial score (nSPS) is 26.6. The van der Waals surface area contributed by atoms with Gasteiger partial charge in [-0.1, -0.05) is 44.9 Å². The maximum Gasteiger partial charge on any atom is 0.0159 e. The molecule has 2 rings (SSSR count). The van der Waals surface area contributed by atoms with Gasteiger partial charge in [-0.3, -0.25) is 0 Å². The number of nitrogens with two attached hydrogens (primary N) is 1. The van der Waals surface area contributed by atoms with Crippen molar-refractivity contribution in [1.82, 2.24) is 0 Å². The Morgan fingerprint density at radius 3 is 2.00 bits per heavy atom. The standard InChI is InChI=1S/C15H29NS/c16-15(13-8-4-1-2-5-9-13)12-17-14-10-6-3-7-11-14/h13-15H,1-12,16H2. The Kier molecular flexibility index (Phi) is 6.21. The summed E-state index contributed by atoms with van der Waals surface area (Å²) < 4.78 is 0. The quantitative estimate of drug-likeness (QED) is 0.756. The Labute approximate surface area is 111 Å². The second kappa shape index (κ2) is 7.68. The second-order valence-corrected chi connectivity index (χ2v) is 7.34. The van der Waals surface area contributed by atoms with E-state index in [0.717, 1.165) is 11.2 Å². The molecule has 0 aromatic heterocycles. The van der Waals surface area contributed by atoms with Crippen molar-refractivity contribution in [2.45, 2.75) is 81.9 Å². The van der Waals surface area contributed by atoms with Crippen molar-refractivity contribution in [2.24, 2.45) is 11.7 Å². The molecular weight excluding hydrogens is 226 g/mol. The molecule has 1 unspecified atom stereocenters. The summed E-state index contributed by atoms with van der Waals surface area (Å²) >= 11 is 2.18.